The molecule has 2 rings (SSSR count). The minimum Gasteiger partial charge on any atom is -0.366 e. The minimum absolute atomic E-state index is 0.243. The van der Waals surface area contributed by atoms with Crippen LogP contribution in [0.3, 0.4) is 0 Å². The van der Waals surface area contributed by atoms with Gasteiger partial charge in [0.15, 0.2) is 0 Å². The van der Waals surface area contributed by atoms with E-state index in [2.05, 4.69) is 5.32 Å². The van der Waals surface area contributed by atoms with E-state index in [1.54, 1.807) is 17.5 Å². The largest absolute Gasteiger partial charge is 0.366 e. The lowest BCUT2D eigenvalue weighted by Crippen LogP contribution is -2.16. The summed E-state index contributed by atoms with van der Waals surface area (Å²) in [4.78, 5) is 23.3. The van der Waals surface area contributed by atoms with E-state index in [0.717, 1.165) is 11.1 Å². The Morgan fingerprint density at radius 1 is 1.16 bits per heavy atom. The zero-order chi connectivity index (χ0) is 14.0. The Morgan fingerprint density at radius 2 is 1.89 bits per heavy atom. The number of anilines is 1. The summed E-state index contributed by atoms with van der Waals surface area (Å²) in [5.74, 6) is -0.787. The van der Waals surface area contributed by atoms with E-state index in [9.17, 15) is 9.59 Å². The van der Waals surface area contributed by atoms with Crippen LogP contribution in [-0.4, -0.2) is 11.8 Å². The Hall–Kier alpha value is -2.14. The summed E-state index contributed by atoms with van der Waals surface area (Å²) in [6.07, 6.45) is 0. The van der Waals surface area contributed by atoms with Crippen LogP contribution in [-0.2, 0) is 0 Å². The fourth-order valence-electron chi connectivity index (χ4n) is 1.66. The molecular formula is C14H14N2O2S. The summed E-state index contributed by atoms with van der Waals surface area (Å²) in [7, 11) is 0. The molecule has 5 heteroatoms. The van der Waals surface area contributed by atoms with Gasteiger partial charge in [-0.3, -0.25) is 9.59 Å². The summed E-state index contributed by atoms with van der Waals surface area (Å²) in [5.41, 5.74) is 8.31. The summed E-state index contributed by atoms with van der Waals surface area (Å²) in [5, 5.41) is 4.91. The fourth-order valence-corrected chi connectivity index (χ4v) is 2.45. The van der Waals surface area contributed by atoms with E-state index in [0.29, 0.717) is 16.1 Å². The number of hydrogen-bond acceptors (Lipinski definition) is 3. The smallest absolute Gasteiger partial charge is 0.256 e. The number of primary amides is 1. The number of hydrogen-bond donors (Lipinski definition) is 2. The first-order valence-corrected chi connectivity index (χ1v) is 6.63. The zero-order valence-electron chi connectivity index (χ0n) is 10.7. The topological polar surface area (TPSA) is 72.2 Å². The van der Waals surface area contributed by atoms with Crippen molar-refractivity contribution in [3.8, 4) is 0 Å². The maximum absolute atomic E-state index is 12.1. The molecule has 2 aromatic rings. The first-order chi connectivity index (χ1) is 8.99. The van der Waals surface area contributed by atoms with Crippen LogP contribution < -0.4 is 11.1 Å². The van der Waals surface area contributed by atoms with Gasteiger partial charge < -0.3 is 11.1 Å². The van der Waals surface area contributed by atoms with Crippen LogP contribution in [0, 0.1) is 13.8 Å². The predicted octanol–water partition coefficient (Wildman–Crippen LogP) is 2.72. The molecule has 1 aromatic heterocycles. The molecule has 19 heavy (non-hydrogen) atoms. The number of carbonyl (C=O) groups excluding carboxylic acids is 2. The van der Waals surface area contributed by atoms with Gasteiger partial charge in [0.05, 0.1) is 5.56 Å². The Kier molecular flexibility index (Phi) is 3.66. The van der Waals surface area contributed by atoms with Crippen molar-refractivity contribution in [3.63, 3.8) is 0 Å². The van der Waals surface area contributed by atoms with Gasteiger partial charge in [-0.25, -0.2) is 0 Å². The summed E-state index contributed by atoms with van der Waals surface area (Å²) < 4.78 is 0. The molecular weight excluding hydrogens is 260 g/mol. The van der Waals surface area contributed by atoms with E-state index in [1.165, 1.54) is 11.3 Å². The SMILES string of the molecule is Cc1ccc(C(=O)Nc2sccc2C(N)=O)cc1C. The third-order valence-corrected chi connectivity index (χ3v) is 3.76. The van der Waals surface area contributed by atoms with Gasteiger partial charge in [0.1, 0.15) is 5.00 Å². The molecule has 0 saturated heterocycles. The number of amides is 2. The molecule has 0 fully saturated rings. The van der Waals surface area contributed by atoms with Gasteiger partial charge in [0, 0.05) is 5.56 Å². The number of rotatable bonds is 3. The quantitative estimate of drug-likeness (QED) is 0.903. The molecule has 3 N–H and O–H groups in total. The van der Waals surface area contributed by atoms with Crippen molar-refractivity contribution in [3.05, 3.63) is 51.9 Å². The van der Waals surface area contributed by atoms with Gasteiger partial charge in [-0.1, -0.05) is 6.07 Å². The molecule has 0 radical (unpaired) electrons. The fraction of sp³-hybridized carbons (Fsp3) is 0.143. The molecule has 4 nitrogen and oxygen atoms in total. The maximum atomic E-state index is 12.1. The highest BCUT2D eigenvalue weighted by molar-refractivity contribution is 7.14. The Balaban J connectivity index is 2.23. The van der Waals surface area contributed by atoms with Crippen molar-refractivity contribution in [2.75, 3.05) is 5.32 Å². The Labute approximate surface area is 115 Å². The summed E-state index contributed by atoms with van der Waals surface area (Å²) in [6, 6.07) is 7.08. The lowest BCUT2D eigenvalue weighted by molar-refractivity contribution is 0.100. The Morgan fingerprint density at radius 3 is 2.53 bits per heavy atom. The zero-order valence-corrected chi connectivity index (χ0v) is 11.5. The molecule has 1 heterocycles. The van der Waals surface area contributed by atoms with Crippen molar-refractivity contribution in [2.45, 2.75) is 13.8 Å². The number of carbonyl (C=O) groups is 2. The molecule has 1 aromatic carbocycles. The third-order valence-electron chi connectivity index (χ3n) is 2.93. The number of aryl methyl sites for hydroxylation is 2. The van der Waals surface area contributed by atoms with Crippen molar-refractivity contribution in [1.82, 2.24) is 0 Å². The monoisotopic (exact) mass is 274 g/mol. The third kappa shape index (κ3) is 2.82. The lowest BCUT2D eigenvalue weighted by atomic mass is 10.1. The molecule has 0 atom stereocenters. The van der Waals surface area contributed by atoms with Gasteiger partial charge in [-0.05, 0) is 48.6 Å². The standard InChI is InChI=1S/C14H14N2O2S/c1-8-3-4-10(7-9(8)2)13(18)16-14-11(12(15)17)5-6-19-14/h3-7H,1-2H3,(H2,15,17)(H,16,18). The van der Waals surface area contributed by atoms with Crippen molar-refractivity contribution in [1.29, 1.82) is 0 Å². The normalized spacial score (nSPS) is 10.2. The summed E-state index contributed by atoms with van der Waals surface area (Å²) >= 11 is 1.28. The van der Waals surface area contributed by atoms with E-state index >= 15 is 0 Å². The van der Waals surface area contributed by atoms with Gasteiger partial charge in [0.25, 0.3) is 11.8 Å². The predicted molar refractivity (Wildman–Crippen MR) is 76.7 cm³/mol. The van der Waals surface area contributed by atoms with Gasteiger partial charge in [-0.15, -0.1) is 11.3 Å². The average molecular weight is 274 g/mol. The number of thiophene rings is 1. The van der Waals surface area contributed by atoms with Crippen LogP contribution in [0.25, 0.3) is 0 Å². The molecule has 0 spiro atoms. The highest BCUT2D eigenvalue weighted by atomic mass is 32.1. The average Bonchev–Trinajstić information content (AvgIpc) is 2.80. The van der Waals surface area contributed by atoms with Crippen LogP contribution in [0.2, 0.25) is 0 Å². The first-order valence-electron chi connectivity index (χ1n) is 5.75. The molecule has 0 aliphatic heterocycles. The molecule has 0 unspecified atom stereocenters. The van der Waals surface area contributed by atoms with Crippen LogP contribution in [0.1, 0.15) is 31.8 Å². The van der Waals surface area contributed by atoms with E-state index < -0.39 is 5.91 Å². The van der Waals surface area contributed by atoms with Crippen molar-refractivity contribution >= 4 is 28.2 Å². The second-order valence-corrected chi connectivity index (χ2v) is 5.20. The van der Waals surface area contributed by atoms with Gasteiger partial charge in [-0.2, -0.15) is 0 Å². The van der Waals surface area contributed by atoms with Crippen molar-refractivity contribution in [2.24, 2.45) is 5.73 Å². The second kappa shape index (κ2) is 5.24. The Bertz CT molecular complexity index is 647. The maximum Gasteiger partial charge on any atom is 0.256 e. The highest BCUT2D eigenvalue weighted by Gasteiger charge is 2.13. The molecule has 2 amide bonds. The summed E-state index contributed by atoms with van der Waals surface area (Å²) in [6.45, 7) is 3.94. The highest BCUT2D eigenvalue weighted by Crippen LogP contribution is 2.23. The van der Waals surface area contributed by atoms with Crippen LogP contribution in [0.15, 0.2) is 29.6 Å². The first kappa shape index (κ1) is 13.3. The van der Waals surface area contributed by atoms with Crippen LogP contribution >= 0.6 is 11.3 Å². The van der Waals surface area contributed by atoms with Crippen LogP contribution in [0.5, 0.6) is 0 Å². The van der Waals surface area contributed by atoms with E-state index in [-0.39, 0.29) is 5.91 Å². The number of nitrogens with one attached hydrogen (secondary N) is 1. The molecule has 0 aliphatic rings. The lowest BCUT2D eigenvalue weighted by Gasteiger charge is -2.06. The minimum atomic E-state index is -0.545. The molecule has 0 bridgehead atoms. The molecule has 98 valence electrons. The van der Waals surface area contributed by atoms with Crippen molar-refractivity contribution < 1.29 is 9.59 Å². The molecule has 0 saturated carbocycles. The second-order valence-electron chi connectivity index (χ2n) is 4.28. The van der Waals surface area contributed by atoms with E-state index in [4.69, 9.17) is 5.73 Å². The van der Waals surface area contributed by atoms with Gasteiger partial charge >= 0.3 is 0 Å². The number of benzene rings is 1. The number of nitrogens with two attached hydrogens (primary N) is 1. The molecule has 0 aliphatic carbocycles. The van der Waals surface area contributed by atoms with Gasteiger partial charge in [0.2, 0.25) is 0 Å². The van der Waals surface area contributed by atoms with E-state index in [1.807, 2.05) is 26.0 Å². The van der Waals surface area contributed by atoms with Crippen LogP contribution in [0.4, 0.5) is 5.00 Å².